The summed E-state index contributed by atoms with van der Waals surface area (Å²) in [5.41, 5.74) is 0.965. The van der Waals surface area contributed by atoms with Gasteiger partial charge >= 0.3 is 0 Å². The average molecular weight is 353 g/mol. The Kier molecular flexibility index (Phi) is 5.53. The highest BCUT2D eigenvalue weighted by atomic mass is 35.5. The van der Waals surface area contributed by atoms with Crippen LogP contribution in [0.3, 0.4) is 0 Å². The second kappa shape index (κ2) is 7.40. The summed E-state index contributed by atoms with van der Waals surface area (Å²) in [4.78, 5) is 12.2. The zero-order chi connectivity index (χ0) is 17.0. The predicted molar refractivity (Wildman–Crippen MR) is 91.0 cm³/mol. The molecule has 6 heteroatoms. The van der Waals surface area contributed by atoms with Gasteiger partial charge in [-0.1, -0.05) is 23.2 Å². The highest BCUT2D eigenvalue weighted by Gasteiger charge is 2.11. The molecular formula is C17H14Cl2O4. The summed E-state index contributed by atoms with van der Waals surface area (Å²) < 4.78 is 10.4. The van der Waals surface area contributed by atoms with E-state index in [2.05, 4.69) is 0 Å². The van der Waals surface area contributed by atoms with E-state index in [1.807, 2.05) is 0 Å². The fourth-order valence-electron chi connectivity index (χ4n) is 1.94. The van der Waals surface area contributed by atoms with Crippen LogP contribution in [-0.4, -0.2) is 25.1 Å². The molecule has 2 aromatic rings. The lowest BCUT2D eigenvalue weighted by Gasteiger charge is -2.07. The summed E-state index contributed by atoms with van der Waals surface area (Å²) in [6.45, 7) is 0. The number of methoxy groups -OCH3 is 2. The maximum absolute atomic E-state index is 12.2. The molecule has 0 aliphatic carbocycles. The third-order valence-corrected chi connectivity index (χ3v) is 3.73. The zero-order valence-corrected chi connectivity index (χ0v) is 14.0. The van der Waals surface area contributed by atoms with Crippen LogP contribution in [0.4, 0.5) is 0 Å². The second-order valence-electron chi connectivity index (χ2n) is 4.59. The van der Waals surface area contributed by atoms with Gasteiger partial charge in [0.2, 0.25) is 0 Å². The van der Waals surface area contributed by atoms with Crippen LogP contribution in [0.15, 0.2) is 36.4 Å². The Labute approximate surface area is 143 Å². The molecule has 2 aromatic carbocycles. The van der Waals surface area contributed by atoms with Crippen molar-refractivity contribution in [3.8, 4) is 17.2 Å². The maximum Gasteiger partial charge on any atom is 0.185 e. The van der Waals surface area contributed by atoms with Gasteiger partial charge in [-0.2, -0.15) is 0 Å². The quantitative estimate of drug-likeness (QED) is 0.630. The molecule has 1 N–H and O–H groups in total. The van der Waals surface area contributed by atoms with Crippen molar-refractivity contribution in [2.75, 3.05) is 14.2 Å². The van der Waals surface area contributed by atoms with Gasteiger partial charge in [-0.15, -0.1) is 0 Å². The number of hydrogen-bond donors (Lipinski definition) is 1. The Morgan fingerprint density at radius 3 is 2.30 bits per heavy atom. The zero-order valence-electron chi connectivity index (χ0n) is 12.5. The normalized spacial score (nSPS) is 10.8. The number of phenolic OH excluding ortho intramolecular Hbond substituents is 1. The molecule has 0 unspecified atom stereocenters. The van der Waals surface area contributed by atoms with Crippen LogP contribution in [0.5, 0.6) is 17.2 Å². The maximum atomic E-state index is 12.2. The van der Waals surface area contributed by atoms with Crippen LogP contribution >= 0.6 is 23.2 Å². The standard InChI is InChI=1S/C17H14Cl2O4/c1-22-12-4-6-16(23-2)10(7-12)3-5-15(20)11-8-13(18)17(21)14(19)9-11/h3-9,21H,1-2H3/b5-3+. The summed E-state index contributed by atoms with van der Waals surface area (Å²) in [5, 5.41) is 9.57. The summed E-state index contributed by atoms with van der Waals surface area (Å²) in [5.74, 6) is 0.701. The van der Waals surface area contributed by atoms with Crippen molar-refractivity contribution in [3.63, 3.8) is 0 Å². The number of carbonyl (C=O) groups is 1. The van der Waals surface area contributed by atoms with Crippen LogP contribution < -0.4 is 9.47 Å². The lowest BCUT2D eigenvalue weighted by atomic mass is 10.1. The molecule has 0 spiro atoms. The van der Waals surface area contributed by atoms with E-state index >= 15 is 0 Å². The van der Waals surface area contributed by atoms with Crippen LogP contribution in [0.25, 0.3) is 6.08 Å². The summed E-state index contributed by atoms with van der Waals surface area (Å²) >= 11 is 11.6. The van der Waals surface area contributed by atoms with Crippen LogP contribution in [-0.2, 0) is 0 Å². The van der Waals surface area contributed by atoms with E-state index in [0.717, 1.165) is 0 Å². The minimum Gasteiger partial charge on any atom is -0.505 e. The van der Waals surface area contributed by atoms with Gasteiger partial charge in [-0.05, 0) is 42.5 Å². The van der Waals surface area contributed by atoms with E-state index in [4.69, 9.17) is 32.7 Å². The summed E-state index contributed by atoms with van der Waals surface area (Å²) in [6.07, 6.45) is 2.98. The molecule has 0 saturated heterocycles. The molecule has 0 atom stereocenters. The van der Waals surface area contributed by atoms with Gasteiger partial charge in [0.1, 0.15) is 11.5 Å². The first-order chi connectivity index (χ1) is 11.0. The first-order valence-corrected chi connectivity index (χ1v) is 7.34. The van der Waals surface area contributed by atoms with Crippen LogP contribution in [0, 0.1) is 0 Å². The number of phenols is 1. The fourth-order valence-corrected chi connectivity index (χ4v) is 2.43. The largest absolute Gasteiger partial charge is 0.505 e. The lowest BCUT2D eigenvalue weighted by Crippen LogP contribution is -1.95. The molecular weight excluding hydrogens is 339 g/mol. The molecule has 0 aromatic heterocycles. The average Bonchev–Trinajstić information content (AvgIpc) is 2.56. The number of aromatic hydroxyl groups is 1. The Balaban J connectivity index is 2.31. The van der Waals surface area contributed by atoms with E-state index in [0.29, 0.717) is 17.1 Å². The molecule has 0 fully saturated rings. The molecule has 120 valence electrons. The minimum absolute atomic E-state index is 0.0215. The van der Waals surface area contributed by atoms with Gasteiger partial charge in [0.05, 0.1) is 24.3 Å². The van der Waals surface area contributed by atoms with E-state index in [1.165, 1.54) is 18.2 Å². The smallest absolute Gasteiger partial charge is 0.185 e. The SMILES string of the molecule is COc1ccc(OC)c(/C=C/C(=O)c2cc(Cl)c(O)c(Cl)c2)c1. The fraction of sp³-hybridized carbons (Fsp3) is 0.118. The molecule has 0 aliphatic heterocycles. The van der Waals surface area contributed by atoms with Crippen LogP contribution in [0.2, 0.25) is 10.0 Å². The number of benzene rings is 2. The lowest BCUT2D eigenvalue weighted by molar-refractivity contribution is 0.104. The Hall–Kier alpha value is -2.17. The van der Waals surface area contributed by atoms with E-state index in [-0.39, 0.29) is 27.1 Å². The first-order valence-electron chi connectivity index (χ1n) is 6.58. The molecule has 4 nitrogen and oxygen atoms in total. The highest BCUT2D eigenvalue weighted by molar-refractivity contribution is 6.37. The van der Waals surface area contributed by atoms with E-state index in [1.54, 1.807) is 38.5 Å². The second-order valence-corrected chi connectivity index (χ2v) is 5.41. The van der Waals surface area contributed by atoms with E-state index < -0.39 is 0 Å². The van der Waals surface area contributed by atoms with Crippen molar-refractivity contribution in [2.24, 2.45) is 0 Å². The number of ketones is 1. The molecule has 0 saturated carbocycles. The van der Waals surface area contributed by atoms with E-state index in [9.17, 15) is 9.90 Å². The van der Waals surface area contributed by atoms with Gasteiger partial charge in [-0.3, -0.25) is 4.79 Å². The van der Waals surface area contributed by atoms with Gasteiger partial charge in [-0.25, -0.2) is 0 Å². The number of ether oxygens (including phenoxy) is 2. The molecule has 0 amide bonds. The number of hydrogen-bond acceptors (Lipinski definition) is 4. The number of allylic oxidation sites excluding steroid dienone is 1. The monoisotopic (exact) mass is 352 g/mol. The minimum atomic E-state index is -0.307. The predicted octanol–water partition coefficient (Wildman–Crippen LogP) is 4.61. The molecule has 0 heterocycles. The third-order valence-electron chi connectivity index (χ3n) is 3.15. The number of halogens is 2. The van der Waals surface area contributed by atoms with Crippen molar-refractivity contribution in [1.29, 1.82) is 0 Å². The van der Waals surface area contributed by atoms with Crippen molar-refractivity contribution >= 4 is 35.1 Å². The Bertz CT molecular complexity index is 746. The number of carbonyl (C=O) groups excluding carboxylic acids is 1. The highest BCUT2D eigenvalue weighted by Crippen LogP contribution is 2.33. The van der Waals surface area contributed by atoms with Gasteiger partial charge in [0.15, 0.2) is 11.5 Å². The van der Waals surface area contributed by atoms with Crippen molar-refractivity contribution in [1.82, 2.24) is 0 Å². The molecule has 23 heavy (non-hydrogen) atoms. The van der Waals surface area contributed by atoms with Gasteiger partial charge in [0, 0.05) is 11.1 Å². The Morgan fingerprint density at radius 2 is 1.74 bits per heavy atom. The topological polar surface area (TPSA) is 55.8 Å². The summed E-state index contributed by atoms with van der Waals surface area (Å²) in [6, 6.07) is 7.98. The molecule has 2 rings (SSSR count). The molecule has 0 radical (unpaired) electrons. The Morgan fingerprint density at radius 1 is 1.09 bits per heavy atom. The first kappa shape index (κ1) is 17.2. The number of rotatable bonds is 5. The van der Waals surface area contributed by atoms with Gasteiger partial charge in [0.25, 0.3) is 0 Å². The van der Waals surface area contributed by atoms with Crippen LogP contribution in [0.1, 0.15) is 15.9 Å². The van der Waals surface area contributed by atoms with Gasteiger partial charge < -0.3 is 14.6 Å². The molecule has 0 bridgehead atoms. The van der Waals surface area contributed by atoms with Crippen molar-refractivity contribution < 1.29 is 19.4 Å². The summed E-state index contributed by atoms with van der Waals surface area (Å²) in [7, 11) is 3.10. The third kappa shape index (κ3) is 3.97. The van der Waals surface area contributed by atoms with Crippen molar-refractivity contribution in [3.05, 3.63) is 57.6 Å². The molecule has 0 aliphatic rings. The van der Waals surface area contributed by atoms with Crippen molar-refractivity contribution in [2.45, 2.75) is 0 Å².